The maximum Gasteiger partial charge on any atom is 0.273 e. The number of aromatic amines is 1. The number of thioether (sulfide) groups is 1. The molecule has 0 aromatic carbocycles. The lowest BCUT2D eigenvalue weighted by molar-refractivity contribution is 0.0952. The molecule has 0 saturated carbocycles. The molecule has 0 aliphatic carbocycles. The van der Waals surface area contributed by atoms with Crippen LogP contribution < -0.4 is 11.1 Å². The molecule has 5 nitrogen and oxygen atoms in total. The standard InChI is InChI=1S/C11H18N4OS/c1-3-6-17-7-5-13-11(16)10-9(12)8(4-2)14-15-10/h3H,1,4-7,12H2,2H3,(H,13,16)(H,14,15). The minimum Gasteiger partial charge on any atom is -0.395 e. The lowest BCUT2D eigenvalue weighted by Gasteiger charge is -2.02. The van der Waals surface area contributed by atoms with E-state index in [1.54, 1.807) is 11.8 Å². The van der Waals surface area contributed by atoms with Crippen LogP contribution in [0.25, 0.3) is 0 Å². The second kappa shape index (κ2) is 7.01. The summed E-state index contributed by atoms with van der Waals surface area (Å²) >= 11 is 1.71. The Balaban J connectivity index is 2.41. The fourth-order valence-electron chi connectivity index (χ4n) is 1.32. The molecular formula is C11H18N4OS. The molecule has 0 saturated heterocycles. The van der Waals surface area contributed by atoms with Gasteiger partial charge in [0.05, 0.1) is 11.4 Å². The van der Waals surface area contributed by atoms with Gasteiger partial charge in [-0.15, -0.1) is 6.58 Å². The molecule has 1 aromatic rings. The lowest BCUT2D eigenvalue weighted by Crippen LogP contribution is -2.26. The number of nitrogens with two attached hydrogens (primary N) is 1. The molecule has 94 valence electrons. The van der Waals surface area contributed by atoms with Gasteiger partial charge in [0.25, 0.3) is 5.91 Å². The molecule has 4 N–H and O–H groups in total. The van der Waals surface area contributed by atoms with Gasteiger partial charge in [0.15, 0.2) is 5.69 Å². The molecule has 6 heteroatoms. The molecule has 0 aliphatic rings. The summed E-state index contributed by atoms with van der Waals surface area (Å²) in [4.78, 5) is 11.7. The summed E-state index contributed by atoms with van der Waals surface area (Å²) in [5.41, 5.74) is 7.33. The first-order chi connectivity index (χ1) is 8.20. The van der Waals surface area contributed by atoms with Gasteiger partial charge < -0.3 is 11.1 Å². The van der Waals surface area contributed by atoms with Gasteiger partial charge in [0.2, 0.25) is 0 Å². The van der Waals surface area contributed by atoms with Crippen molar-refractivity contribution < 1.29 is 4.79 Å². The van der Waals surface area contributed by atoms with Crippen LogP contribution in [0.5, 0.6) is 0 Å². The molecule has 0 unspecified atom stereocenters. The first-order valence-electron chi connectivity index (χ1n) is 5.50. The number of hydrogen-bond acceptors (Lipinski definition) is 4. The minimum absolute atomic E-state index is 0.224. The molecule has 0 spiro atoms. The van der Waals surface area contributed by atoms with Crippen LogP contribution in [-0.2, 0) is 6.42 Å². The van der Waals surface area contributed by atoms with Crippen LogP contribution in [0.3, 0.4) is 0 Å². The van der Waals surface area contributed by atoms with E-state index in [1.165, 1.54) is 0 Å². The molecule has 1 amide bonds. The number of nitrogen functional groups attached to an aromatic ring is 1. The van der Waals surface area contributed by atoms with E-state index in [0.717, 1.165) is 23.6 Å². The van der Waals surface area contributed by atoms with Crippen molar-refractivity contribution in [2.45, 2.75) is 13.3 Å². The Morgan fingerprint density at radius 1 is 1.71 bits per heavy atom. The number of carbonyl (C=O) groups excluding carboxylic acids is 1. The fourth-order valence-corrected chi connectivity index (χ4v) is 1.90. The summed E-state index contributed by atoms with van der Waals surface area (Å²) in [5, 5.41) is 9.46. The number of H-pyrrole nitrogens is 1. The van der Waals surface area contributed by atoms with Crippen LogP contribution in [0, 0.1) is 0 Å². The third kappa shape index (κ3) is 3.81. The summed E-state index contributed by atoms with van der Waals surface area (Å²) in [6, 6.07) is 0. The predicted molar refractivity (Wildman–Crippen MR) is 72.2 cm³/mol. The molecule has 0 fully saturated rings. The molecule has 1 rings (SSSR count). The highest BCUT2D eigenvalue weighted by atomic mass is 32.2. The summed E-state index contributed by atoms with van der Waals surface area (Å²) in [7, 11) is 0. The summed E-state index contributed by atoms with van der Waals surface area (Å²) in [5.74, 6) is 1.51. The highest BCUT2D eigenvalue weighted by Gasteiger charge is 2.15. The fraction of sp³-hybridized carbons (Fsp3) is 0.455. The Morgan fingerprint density at radius 2 is 2.47 bits per heavy atom. The Hall–Kier alpha value is -1.43. The smallest absolute Gasteiger partial charge is 0.273 e. The van der Waals surface area contributed by atoms with Crippen LogP contribution in [0.2, 0.25) is 0 Å². The average Bonchev–Trinajstić information content (AvgIpc) is 2.70. The maximum absolute atomic E-state index is 11.7. The van der Waals surface area contributed by atoms with Gasteiger partial charge in [-0.2, -0.15) is 16.9 Å². The van der Waals surface area contributed by atoms with Crippen LogP contribution in [0.1, 0.15) is 23.1 Å². The first-order valence-corrected chi connectivity index (χ1v) is 6.65. The van der Waals surface area contributed by atoms with Crippen molar-refractivity contribution in [3.05, 3.63) is 24.0 Å². The number of hydrogen-bond donors (Lipinski definition) is 3. The number of aromatic nitrogens is 2. The molecular weight excluding hydrogens is 236 g/mol. The highest BCUT2D eigenvalue weighted by molar-refractivity contribution is 7.99. The molecule has 1 heterocycles. The SMILES string of the molecule is C=CCSCCNC(=O)c1n[nH]c(CC)c1N. The van der Waals surface area contributed by atoms with E-state index in [-0.39, 0.29) is 11.6 Å². The molecule has 17 heavy (non-hydrogen) atoms. The van der Waals surface area contributed by atoms with E-state index in [2.05, 4.69) is 22.1 Å². The average molecular weight is 254 g/mol. The molecule has 1 aromatic heterocycles. The Morgan fingerprint density at radius 3 is 3.06 bits per heavy atom. The van der Waals surface area contributed by atoms with Crippen molar-refractivity contribution in [3.8, 4) is 0 Å². The highest BCUT2D eigenvalue weighted by Crippen LogP contribution is 2.13. The van der Waals surface area contributed by atoms with Crippen LogP contribution >= 0.6 is 11.8 Å². The van der Waals surface area contributed by atoms with Crippen LogP contribution in [0.4, 0.5) is 5.69 Å². The Labute approximate surface area is 105 Å². The number of carbonyl (C=O) groups is 1. The van der Waals surface area contributed by atoms with Crippen LogP contribution in [0.15, 0.2) is 12.7 Å². The van der Waals surface area contributed by atoms with Gasteiger partial charge in [-0.1, -0.05) is 13.0 Å². The van der Waals surface area contributed by atoms with Gasteiger partial charge in [0.1, 0.15) is 0 Å². The van der Waals surface area contributed by atoms with E-state index < -0.39 is 0 Å². The zero-order valence-electron chi connectivity index (χ0n) is 9.95. The second-order valence-corrected chi connectivity index (χ2v) is 4.59. The van der Waals surface area contributed by atoms with Crippen molar-refractivity contribution in [1.29, 1.82) is 0 Å². The normalized spacial score (nSPS) is 10.2. The molecule has 0 atom stereocenters. The topological polar surface area (TPSA) is 83.8 Å². The van der Waals surface area contributed by atoms with Crippen molar-refractivity contribution in [3.63, 3.8) is 0 Å². The van der Waals surface area contributed by atoms with E-state index in [9.17, 15) is 4.79 Å². The second-order valence-electron chi connectivity index (χ2n) is 3.44. The molecule has 0 bridgehead atoms. The van der Waals surface area contributed by atoms with Crippen molar-refractivity contribution in [2.75, 3.05) is 23.8 Å². The summed E-state index contributed by atoms with van der Waals surface area (Å²) < 4.78 is 0. The Kier molecular flexibility index (Phi) is 5.62. The van der Waals surface area contributed by atoms with Gasteiger partial charge in [0, 0.05) is 18.1 Å². The van der Waals surface area contributed by atoms with E-state index in [1.807, 2.05) is 13.0 Å². The number of nitrogens with one attached hydrogen (secondary N) is 2. The number of amides is 1. The van der Waals surface area contributed by atoms with Gasteiger partial charge in [-0.25, -0.2) is 0 Å². The van der Waals surface area contributed by atoms with Gasteiger partial charge >= 0.3 is 0 Å². The zero-order valence-corrected chi connectivity index (χ0v) is 10.8. The lowest BCUT2D eigenvalue weighted by atomic mass is 10.2. The maximum atomic E-state index is 11.7. The van der Waals surface area contributed by atoms with E-state index in [4.69, 9.17) is 5.73 Å². The van der Waals surface area contributed by atoms with E-state index >= 15 is 0 Å². The van der Waals surface area contributed by atoms with Crippen molar-refractivity contribution in [1.82, 2.24) is 15.5 Å². The van der Waals surface area contributed by atoms with Crippen molar-refractivity contribution in [2.24, 2.45) is 0 Å². The van der Waals surface area contributed by atoms with Gasteiger partial charge in [-0.05, 0) is 6.42 Å². The largest absolute Gasteiger partial charge is 0.395 e. The minimum atomic E-state index is -0.224. The van der Waals surface area contributed by atoms with E-state index in [0.29, 0.717) is 12.2 Å². The monoisotopic (exact) mass is 254 g/mol. The molecule has 0 aliphatic heterocycles. The number of rotatable bonds is 7. The number of aryl methyl sites for hydroxylation is 1. The van der Waals surface area contributed by atoms with Gasteiger partial charge in [-0.3, -0.25) is 9.89 Å². The van der Waals surface area contributed by atoms with Crippen LogP contribution in [-0.4, -0.2) is 34.2 Å². The first kappa shape index (κ1) is 13.6. The van der Waals surface area contributed by atoms with Crippen molar-refractivity contribution >= 4 is 23.4 Å². The third-order valence-electron chi connectivity index (χ3n) is 2.22. The number of nitrogens with zero attached hydrogens (tertiary/aromatic N) is 1. The number of anilines is 1. The third-order valence-corrected chi connectivity index (χ3v) is 3.18. The summed E-state index contributed by atoms with van der Waals surface area (Å²) in [6.45, 7) is 6.18. The quantitative estimate of drug-likeness (QED) is 0.504. The zero-order chi connectivity index (χ0) is 12.7. The molecule has 0 radical (unpaired) electrons. The Bertz CT molecular complexity index is 389. The summed E-state index contributed by atoms with van der Waals surface area (Å²) in [6.07, 6.45) is 2.58. The predicted octanol–water partition coefficient (Wildman–Crippen LogP) is 1.20.